The zero-order chi connectivity index (χ0) is 16.4. The van der Waals surface area contributed by atoms with Crippen LogP contribution in [0.4, 0.5) is 4.39 Å². The molecule has 0 N–H and O–H groups in total. The number of rotatable bonds is 4. The van der Waals surface area contributed by atoms with Crippen LogP contribution in [-0.4, -0.2) is 18.2 Å². The lowest BCUT2D eigenvalue weighted by molar-refractivity contribution is -0.118. The van der Waals surface area contributed by atoms with Crippen LogP contribution in [0.5, 0.6) is 11.5 Å². The van der Waals surface area contributed by atoms with Crippen LogP contribution in [0, 0.1) is 5.82 Å². The van der Waals surface area contributed by atoms with Gasteiger partial charge in [-0.2, -0.15) is 0 Å². The Bertz CT molecular complexity index is 824. The largest absolute Gasteiger partial charge is 0.486 e. The average Bonchev–Trinajstić information content (AvgIpc) is 2.83. The number of carbonyl (C=O) groups excluding carboxylic acids is 2. The minimum Gasteiger partial charge on any atom is -0.486 e. The molecule has 0 unspecified atom stereocenters. The van der Waals surface area contributed by atoms with Crippen molar-refractivity contribution in [2.45, 2.75) is 6.92 Å². The highest BCUT2D eigenvalue weighted by Gasteiger charge is 2.28. The number of halogens is 1. The van der Waals surface area contributed by atoms with Crippen molar-refractivity contribution in [2.24, 2.45) is 0 Å². The Hall–Kier alpha value is -2.95. The lowest BCUT2D eigenvalue weighted by Gasteiger charge is -2.05. The predicted octanol–water partition coefficient (Wildman–Crippen LogP) is 3.41. The Balaban J connectivity index is 1.87. The van der Waals surface area contributed by atoms with Gasteiger partial charge in [0.05, 0.1) is 5.56 Å². The molecule has 0 radical (unpaired) electrons. The fourth-order valence-corrected chi connectivity index (χ4v) is 2.18. The molecule has 0 amide bonds. The van der Waals surface area contributed by atoms with Gasteiger partial charge in [0, 0.05) is 11.6 Å². The van der Waals surface area contributed by atoms with Gasteiger partial charge in [-0.25, -0.2) is 4.39 Å². The van der Waals surface area contributed by atoms with Crippen LogP contribution in [-0.2, 0) is 4.79 Å². The molecule has 5 heteroatoms. The van der Waals surface area contributed by atoms with E-state index < -0.39 is 5.82 Å². The third-order valence-corrected chi connectivity index (χ3v) is 3.28. The molecule has 1 aliphatic rings. The molecular weight excluding hydrogens is 299 g/mol. The second-order valence-electron chi connectivity index (χ2n) is 5.11. The first-order valence-electron chi connectivity index (χ1n) is 6.99. The monoisotopic (exact) mass is 312 g/mol. The Morgan fingerprint density at radius 2 is 2.04 bits per heavy atom. The Morgan fingerprint density at radius 1 is 1.26 bits per heavy atom. The maximum atomic E-state index is 13.7. The van der Waals surface area contributed by atoms with Gasteiger partial charge in [-0.1, -0.05) is 18.2 Å². The van der Waals surface area contributed by atoms with E-state index in [0.29, 0.717) is 17.1 Å². The van der Waals surface area contributed by atoms with Gasteiger partial charge in [0.25, 0.3) is 0 Å². The lowest BCUT2D eigenvalue weighted by Crippen LogP contribution is -2.06. The molecule has 116 valence electrons. The minimum atomic E-state index is -0.433. The molecule has 0 aromatic heterocycles. The number of fused-ring (bicyclic) bond motifs is 1. The standard InChI is InChI=1S/C18H13FO4/c1-11(20)10-22-13-6-7-14-16(9-13)23-17(18(14)21)8-12-4-2-3-5-15(12)19/h2-9H,10H2,1H3. The highest BCUT2D eigenvalue weighted by atomic mass is 19.1. The van der Waals surface area contributed by atoms with Crippen molar-refractivity contribution in [2.75, 3.05) is 6.61 Å². The summed E-state index contributed by atoms with van der Waals surface area (Å²) in [6, 6.07) is 10.8. The molecule has 0 bridgehead atoms. The summed E-state index contributed by atoms with van der Waals surface area (Å²) in [6.07, 6.45) is 1.37. The highest BCUT2D eigenvalue weighted by Crippen LogP contribution is 2.35. The molecule has 3 rings (SSSR count). The smallest absolute Gasteiger partial charge is 0.231 e. The van der Waals surface area contributed by atoms with Crippen molar-refractivity contribution in [1.82, 2.24) is 0 Å². The van der Waals surface area contributed by atoms with E-state index in [2.05, 4.69) is 0 Å². The van der Waals surface area contributed by atoms with E-state index >= 15 is 0 Å². The first kappa shape index (κ1) is 15.0. The van der Waals surface area contributed by atoms with Gasteiger partial charge in [0.15, 0.2) is 11.5 Å². The molecule has 0 atom stereocenters. The van der Waals surface area contributed by atoms with E-state index in [4.69, 9.17) is 9.47 Å². The van der Waals surface area contributed by atoms with Crippen LogP contribution in [0.2, 0.25) is 0 Å². The summed E-state index contributed by atoms with van der Waals surface area (Å²) < 4.78 is 24.5. The molecule has 4 nitrogen and oxygen atoms in total. The third kappa shape index (κ3) is 3.13. The minimum absolute atomic E-state index is 0.0498. The summed E-state index contributed by atoms with van der Waals surface area (Å²) in [5.41, 5.74) is 0.652. The fourth-order valence-electron chi connectivity index (χ4n) is 2.18. The topological polar surface area (TPSA) is 52.6 Å². The summed E-state index contributed by atoms with van der Waals surface area (Å²) >= 11 is 0. The molecule has 2 aromatic rings. The molecule has 2 aromatic carbocycles. The molecule has 1 aliphatic heterocycles. The molecule has 0 saturated heterocycles. The van der Waals surface area contributed by atoms with Gasteiger partial charge in [-0.15, -0.1) is 0 Å². The summed E-state index contributed by atoms with van der Waals surface area (Å²) in [6.45, 7) is 1.37. The van der Waals surface area contributed by atoms with Crippen LogP contribution in [0.3, 0.4) is 0 Å². The van der Waals surface area contributed by atoms with E-state index in [0.717, 1.165) is 0 Å². The van der Waals surface area contributed by atoms with Crippen molar-refractivity contribution >= 4 is 17.6 Å². The summed E-state index contributed by atoms with van der Waals surface area (Å²) in [7, 11) is 0. The summed E-state index contributed by atoms with van der Waals surface area (Å²) in [5.74, 6) is -0.0480. The van der Waals surface area contributed by atoms with E-state index in [1.165, 1.54) is 19.1 Å². The van der Waals surface area contributed by atoms with Crippen LogP contribution in [0.1, 0.15) is 22.8 Å². The normalized spacial score (nSPS) is 14.5. The summed E-state index contributed by atoms with van der Waals surface area (Å²) in [5, 5.41) is 0. The first-order valence-corrected chi connectivity index (χ1v) is 6.99. The number of carbonyl (C=O) groups is 2. The van der Waals surface area contributed by atoms with Gasteiger partial charge in [0.1, 0.15) is 23.9 Å². The summed E-state index contributed by atoms with van der Waals surface area (Å²) in [4.78, 5) is 23.2. The maximum Gasteiger partial charge on any atom is 0.231 e. The van der Waals surface area contributed by atoms with E-state index in [-0.39, 0.29) is 29.5 Å². The number of allylic oxidation sites excluding steroid dienone is 1. The number of ketones is 2. The molecule has 1 heterocycles. The van der Waals surface area contributed by atoms with Crippen LogP contribution in [0.25, 0.3) is 6.08 Å². The molecule has 0 spiro atoms. The highest BCUT2D eigenvalue weighted by molar-refractivity contribution is 6.14. The maximum absolute atomic E-state index is 13.7. The van der Waals surface area contributed by atoms with Gasteiger partial charge in [-0.3, -0.25) is 9.59 Å². The molecule has 0 fully saturated rings. The zero-order valence-corrected chi connectivity index (χ0v) is 12.3. The number of Topliss-reactive ketones (excluding diaryl/α,β-unsaturated/α-hetero) is 2. The van der Waals surface area contributed by atoms with Crippen molar-refractivity contribution in [3.8, 4) is 11.5 Å². The van der Waals surface area contributed by atoms with Crippen molar-refractivity contribution in [1.29, 1.82) is 0 Å². The number of benzene rings is 2. The van der Waals surface area contributed by atoms with E-state index in [1.54, 1.807) is 36.4 Å². The second kappa shape index (κ2) is 6.04. The van der Waals surface area contributed by atoms with Gasteiger partial charge in [0.2, 0.25) is 5.78 Å². The Labute approximate surface area is 132 Å². The second-order valence-corrected chi connectivity index (χ2v) is 5.11. The number of hydrogen-bond donors (Lipinski definition) is 0. The molecule has 0 aliphatic carbocycles. The Kier molecular flexibility index (Phi) is 3.93. The number of hydrogen-bond acceptors (Lipinski definition) is 4. The zero-order valence-electron chi connectivity index (χ0n) is 12.3. The third-order valence-electron chi connectivity index (χ3n) is 3.28. The van der Waals surface area contributed by atoms with Gasteiger partial charge < -0.3 is 9.47 Å². The van der Waals surface area contributed by atoms with Crippen molar-refractivity contribution in [3.63, 3.8) is 0 Å². The SMILES string of the molecule is CC(=O)COc1ccc2c(c1)OC(=Cc1ccccc1F)C2=O. The van der Waals surface area contributed by atoms with Crippen LogP contribution >= 0.6 is 0 Å². The van der Waals surface area contributed by atoms with E-state index in [9.17, 15) is 14.0 Å². The Morgan fingerprint density at radius 3 is 2.78 bits per heavy atom. The molecule has 23 heavy (non-hydrogen) atoms. The fraction of sp³-hybridized carbons (Fsp3) is 0.111. The van der Waals surface area contributed by atoms with Crippen LogP contribution < -0.4 is 9.47 Å². The molecule has 0 saturated carbocycles. The van der Waals surface area contributed by atoms with Gasteiger partial charge in [-0.05, 0) is 31.2 Å². The first-order chi connectivity index (χ1) is 11.0. The quantitative estimate of drug-likeness (QED) is 0.812. The van der Waals surface area contributed by atoms with Crippen molar-refractivity contribution < 1.29 is 23.5 Å². The predicted molar refractivity (Wildman–Crippen MR) is 82.0 cm³/mol. The average molecular weight is 312 g/mol. The van der Waals surface area contributed by atoms with Crippen molar-refractivity contribution in [3.05, 3.63) is 65.2 Å². The number of ether oxygens (including phenoxy) is 2. The molecular formula is C18H13FO4. The lowest BCUT2D eigenvalue weighted by atomic mass is 10.1. The van der Waals surface area contributed by atoms with E-state index in [1.807, 2.05) is 0 Å². The van der Waals surface area contributed by atoms with Gasteiger partial charge >= 0.3 is 0 Å². The van der Waals surface area contributed by atoms with Crippen LogP contribution in [0.15, 0.2) is 48.2 Å².